The van der Waals surface area contributed by atoms with Gasteiger partial charge in [0.2, 0.25) is 5.91 Å². The number of benzene rings is 1. The summed E-state index contributed by atoms with van der Waals surface area (Å²) < 4.78 is 0.971. The van der Waals surface area contributed by atoms with Gasteiger partial charge in [0.05, 0.1) is 0 Å². The number of nitrogens with zero attached hydrogens (tertiary/aromatic N) is 1. The number of β-lactam (4-membered cyclic amide) rings is 1. The lowest BCUT2D eigenvalue weighted by molar-refractivity contribution is -0.149. The van der Waals surface area contributed by atoms with E-state index in [0.717, 1.165) is 15.7 Å². The van der Waals surface area contributed by atoms with E-state index in [9.17, 15) is 9.59 Å². The molecule has 1 N–H and O–H groups in total. The average molecular weight is 284 g/mol. The SMILES string of the molecule is Cc1cc(N2CC(C(=O)O)C2=O)ccc1Br. The lowest BCUT2D eigenvalue weighted by atomic mass is 9.98. The van der Waals surface area contributed by atoms with Gasteiger partial charge in [0.1, 0.15) is 0 Å². The minimum atomic E-state index is -1.05. The van der Waals surface area contributed by atoms with Crippen molar-refractivity contribution in [2.75, 3.05) is 11.4 Å². The highest BCUT2D eigenvalue weighted by atomic mass is 79.9. The van der Waals surface area contributed by atoms with Gasteiger partial charge in [-0.05, 0) is 30.7 Å². The van der Waals surface area contributed by atoms with Crippen molar-refractivity contribution in [1.29, 1.82) is 0 Å². The molecule has 0 spiro atoms. The molecule has 0 aliphatic carbocycles. The predicted molar refractivity (Wildman–Crippen MR) is 62.4 cm³/mol. The Morgan fingerprint density at radius 3 is 2.75 bits per heavy atom. The maximum absolute atomic E-state index is 11.5. The van der Waals surface area contributed by atoms with Crippen LogP contribution in [0.5, 0.6) is 0 Å². The van der Waals surface area contributed by atoms with Crippen LogP contribution in [-0.4, -0.2) is 23.5 Å². The fraction of sp³-hybridized carbons (Fsp3) is 0.273. The lowest BCUT2D eigenvalue weighted by Crippen LogP contribution is -2.56. The highest BCUT2D eigenvalue weighted by Crippen LogP contribution is 2.29. The topological polar surface area (TPSA) is 57.6 Å². The molecule has 1 saturated heterocycles. The Kier molecular flexibility index (Phi) is 2.71. The average Bonchev–Trinajstić information content (AvgIpc) is 2.20. The lowest BCUT2D eigenvalue weighted by Gasteiger charge is -2.36. The molecule has 0 radical (unpaired) electrons. The molecule has 0 saturated carbocycles. The van der Waals surface area contributed by atoms with Gasteiger partial charge in [-0.15, -0.1) is 0 Å². The number of hydrogen-bond donors (Lipinski definition) is 1. The van der Waals surface area contributed by atoms with E-state index in [0.29, 0.717) is 0 Å². The third-order valence-electron chi connectivity index (χ3n) is 2.68. The van der Waals surface area contributed by atoms with Gasteiger partial charge in [-0.25, -0.2) is 0 Å². The number of carbonyl (C=O) groups is 2. The molecule has 1 aliphatic rings. The third kappa shape index (κ3) is 1.71. The fourth-order valence-corrected chi connectivity index (χ4v) is 1.89. The summed E-state index contributed by atoms with van der Waals surface area (Å²) in [4.78, 5) is 23.7. The van der Waals surface area contributed by atoms with Crippen molar-refractivity contribution in [3.8, 4) is 0 Å². The van der Waals surface area contributed by atoms with E-state index in [4.69, 9.17) is 5.11 Å². The highest BCUT2D eigenvalue weighted by molar-refractivity contribution is 9.10. The Labute approximate surface area is 101 Å². The molecule has 1 fully saturated rings. The van der Waals surface area contributed by atoms with Gasteiger partial charge in [-0.3, -0.25) is 9.59 Å². The zero-order chi connectivity index (χ0) is 11.9. The second kappa shape index (κ2) is 3.90. The molecule has 1 aliphatic heterocycles. The fourth-order valence-electron chi connectivity index (χ4n) is 1.64. The minimum absolute atomic E-state index is 0.259. The molecule has 1 heterocycles. The number of carboxylic acid groups (broad SMARTS) is 1. The first kappa shape index (κ1) is 11.1. The monoisotopic (exact) mass is 283 g/mol. The van der Waals surface area contributed by atoms with Gasteiger partial charge < -0.3 is 10.0 Å². The number of aliphatic carboxylic acids is 1. The number of anilines is 1. The molecule has 16 heavy (non-hydrogen) atoms. The number of aryl methyl sites for hydroxylation is 1. The summed E-state index contributed by atoms with van der Waals surface area (Å²) in [7, 11) is 0. The van der Waals surface area contributed by atoms with Crippen LogP contribution in [0.25, 0.3) is 0 Å². The van der Waals surface area contributed by atoms with Crippen molar-refractivity contribution in [1.82, 2.24) is 0 Å². The molecular weight excluding hydrogens is 274 g/mol. The maximum atomic E-state index is 11.5. The first-order valence-corrected chi connectivity index (χ1v) is 5.60. The summed E-state index contributed by atoms with van der Waals surface area (Å²) in [5.74, 6) is -2.26. The van der Waals surface area contributed by atoms with Crippen LogP contribution in [0, 0.1) is 12.8 Å². The Morgan fingerprint density at radius 2 is 2.25 bits per heavy atom. The number of rotatable bonds is 2. The van der Waals surface area contributed by atoms with Crippen molar-refractivity contribution in [3.05, 3.63) is 28.2 Å². The molecular formula is C11H10BrNO3. The summed E-state index contributed by atoms with van der Waals surface area (Å²) in [6.45, 7) is 2.18. The maximum Gasteiger partial charge on any atom is 0.317 e. The van der Waals surface area contributed by atoms with E-state index in [1.54, 1.807) is 6.07 Å². The van der Waals surface area contributed by atoms with Gasteiger partial charge >= 0.3 is 5.97 Å². The number of halogens is 1. The normalized spacial score (nSPS) is 19.5. The zero-order valence-corrected chi connectivity index (χ0v) is 10.2. The molecule has 0 aromatic heterocycles. The summed E-state index contributed by atoms with van der Waals surface area (Å²) >= 11 is 3.37. The van der Waals surface area contributed by atoms with Crippen molar-refractivity contribution >= 4 is 33.5 Å². The Bertz CT molecular complexity index is 472. The van der Waals surface area contributed by atoms with E-state index in [-0.39, 0.29) is 12.5 Å². The van der Waals surface area contributed by atoms with E-state index in [1.807, 2.05) is 19.1 Å². The van der Waals surface area contributed by atoms with Crippen LogP contribution in [-0.2, 0) is 9.59 Å². The highest BCUT2D eigenvalue weighted by Gasteiger charge is 2.42. The first-order valence-electron chi connectivity index (χ1n) is 4.81. The van der Waals surface area contributed by atoms with Crippen LogP contribution < -0.4 is 4.90 Å². The van der Waals surface area contributed by atoms with Gasteiger partial charge in [-0.2, -0.15) is 0 Å². The summed E-state index contributed by atoms with van der Waals surface area (Å²) in [5.41, 5.74) is 1.77. The smallest absolute Gasteiger partial charge is 0.317 e. The Balaban J connectivity index is 2.19. The molecule has 1 aromatic rings. The summed E-state index contributed by atoms with van der Waals surface area (Å²) in [5, 5.41) is 8.71. The number of hydrogen-bond acceptors (Lipinski definition) is 2. The van der Waals surface area contributed by atoms with E-state index < -0.39 is 11.9 Å². The first-order chi connectivity index (χ1) is 7.50. The zero-order valence-electron chi connectivity index (χ0n) is 8.61. The predicted octanol–water partition coefficient (Wildman–Crippen LogP) is 1.80. The molecule has 1 atom stereocenters. The van der Waals surface area contributed by atoms with Crippen LogP contribution in [0.15, 0.2) is 22.7 Å². The van der Waals surface area contributed by atoms with Crippen LogP contribution >= 0.6 is 15.9 Å². The van der Waals surface area contributed by atoms with Gasteiger partial charge in [-0.1, -0.05) is 15.9 Å². The van der Waals surface area contributed by atoms with Crippen molar-refractivity contribution < 1.29 is 14.7 Å². The largest absolute Gasteiger partial charge is 0.481 e. The number of carboxylic acids is 1. The Morgan fingerprint density at radius 1 is 1.56 bits per heavy atom. The van der Waals surface area contributed by atoms with E-state index in [1.165, 1.54) is 4.90 Å². The second-order valence-corrected chi connectivity index (χ2v) is 4.63. The van der Waals surface area contributed by atoms with Crippen LogP contribution in [0.1, 0.15) is 5.56 Å². The second-order valence-electron chi connectivity index (χ2n) is 3.77. The van der Waals surface area contributed by atoms with E-state index in [2.05, 4.69) is 15.9 Å². The molecule has 2 rings (SSSR count). The van der Waals surface area contributed by atoms with Gasteiger partial charge in [0.15, 0.2) is 5.92 Å². The standard InChI is InChI=1S/C11H10BrNO3/c1-6-4-7(2-3-9(6)12)13-5-8(10(13)14)11(15)16/h2-4,8H,5H2,1H3,(H,15,16). The van der Waals surface area contributed by atoms with Gasteiger partial charge in [0.25, 0.3) is 0 Å². The molecule has 1 amide bonds. The van der Waals surface area contributed by atoms with E-state index >= 15 is 0 Å². The minimum Gasteiger partial charge on any atom is -0.481 e. The quantitative estimate of drug-likeness (QED) is 0.665. The molecule has 1 unspecified atom stereocenters. The number of carbonyl (C=O) groups excluding carboxylic acids is 1. The molecule has 4 nitrogen and oxygen atoms in total. The van der Waals surface area contributed by atoms with Crippen LogP contribution in [0.2, 0.25) is 0 Å². The van der Waals surface area contributed by atoms with Crippen LogP contribution in [0.4, 0.5) is 5.69 Å². The summed E-state index contributed by atoms with van der Waals surface area (Å²) in [6, 6.07) is 5.51. The Hall–Kier alpha value is -1.36. The van der Waals surface area contributed by atoms with Gasteiger partial charge in [0, 0.05) is 16.7 Å². The van der Waals surface area contributed by atoms with Crippen molar-refractivity contribution in [2.45, 2.75) is 6.92 Å². The van der Waals surface area contributed by atoms with Crippen molar-refractivity contribution in [2.24, 2.45) is 5.92 Å². The molecule has 5 heteroatoms. The summed E-state index contributed by atoms with van der Waals surface area (Å²) in [6.07, 6.45) is 0. The number of amides is 1. The van der Waals surface area contributed by atoms with Crippen molar-refractivity contribution in [3.63, 3.8) is 0 Å². The third-order valence-corrected chi connectivity index (χ3v) is 3.57. The van der Waals surface area contributed by atoms with Crippen LogP contribution in [0.3, 0.4) is 0 Å². The molecule has 84 valence electrons. The molecule has 1 aromatic carbocycles. The molecule has 0 bridgehead atoms.